The molecule has 1 rings (SSSR count). The van der Waals surface area contributed by atoms with Crippen molar-refractivity contribution in [3.63, 3.8) is 0 Å². The molecule has 0 aromatic heterocycles. The van der Waals surface area contributed by atoms with Gasteiger partial charge in [-0.2, -0.15) is 0 Å². The minimum Gasteiger partial charge on any atom is -0.388 e. The molecule has 0 aliphatic heterocycles. The van der Waals surface area contributed by atoms with Crippen LogP contribution < -0.4 is 5.73 Å². The highest BCUT2D eigenvalue weighted by atomic mass is 16.5. The predicted octanol–water partition coefficient (Wildman–Crippen LogP) is 1.91. The number of hydrogen-bond donors (Lipinski definition) is 2. The molecule has 1 aliphatic carbocycles. The summed E-state index contributed by atoms with van der Waals surface area (Å²) in [5, 5.41) is 7.25. The Hall–Kier alpha value is -0.570. The molecule has 1 saturated carbocycles. The van der Waals surface area contributed by atoms with Gasteiger partial charge in [0.2, 0.25) is 0 Å². The number of nitrogens with two attached hydrogens (primary N) is 1. The number of ether oxygens (including phenoxy) is 1. The van der Waals surface area contributed by atoms with Crippen LogP contribution in [-0.4, -0.2) is 18.0 Å². The van der Waals surface area contributed by atoms with Crippen LogP contribution in [0.15, 0.2) is 0 Å². The van der Waals surface area contributed by atoms with Crippen molar-refractivity contribution < 1.29 is 4.74 Å². The molecule has 0 heterocycles. The smallest absolute Gasteiger partial charge is 0.0911 e. The van der Waals surface area contributed by atoms with Crippen LogP contribution in [0.3, 0.4) is 0 Å². The third kappa shape index (κ3) is 3.77. The van der Waals surface area contributed by atoms with Crippen molar-refractivity contribution in [1.82, 2.24) is 0 Å². The molecule has 1 aliphatic rings. The summed E-state index contributed by atoms with van der Waals surface area (Å²) in [7, 11) is 0. The fourth-order valence-corrected chi connectivity index (χ4v) is 1.32. The summed E-state index contributed by atoms with van der Waals surface area (Å²) >= 11 is 0. The van der Waals surface area contributed by atoms with Gasteiger partial charge in [-0.15, -0.1) is 0 Å². The minimum atomic E-state index is -0.0770. The predicted molar refractivity (Wildman–Crippen MR) is 53.9 cm³/mol. The van der Waals surface area contributed by atoms with E-state index in [1.54, 1.807) is 0 Å². The first-order valence-corrected chi connectivity index (χ1v) is 4.80. The molecule has 0 bridgehead atoms. The highest BCUT2D eigenvalue weighted by Gasteiger charge is 2.44. The first-order chi connectivity index (χ1) is 5.83. The highest BCUT2D eigenvalue weighted by molar-refractivity contribution is 5.78. The molecule has 0 unspecified atom stereocenters. The summed E-state index contributed by atoms with van der Waals surface area (Å²) in [5.74, 6) is 0.287. The van der Waals surface area contributed by atoms with E-state index in [0.717, 1.165) is 19.4 Å². The van der Waals surface area contributed by atoms with Crippen molar-refractivity contribution in [3.05, 3.63) is 0 Å². The molecule has 3 N–H and O–H groups in total. The van der Waals surface area contributed by atoms with E-state index >= 15 is 0 Å². The lowest BCUT2D eigenvalue weighted by atomic mass is 10.0. The molecule has 3 nitrogen and oxygen atoms in total. The second-order valence-corrected chi connectivity index (χ2v) is 5.10. The van der Waals surface area contributed by atoms with Crippen LogP contribution in [0.5, 0.6) is 0 Å². The zero-order valence-electron chi connectivity index (χ0n) is 8.81. The molecule has 3 heteroatoms. The second kappa shape index (κ2) is 3.29. The van der Waals surface area contributed by atoms with Gasteiger partial charge in [-0.25, -0.2) is 0 Å². The zero-order valence-corrected chi connectivity index (χ0v) is 8.81. The number of rotatable bonds is 4. The first-order valence-electron chi connectivity index (χ1n) is 4.80. The largest absolute Gasteiger partial charge is 0.388 e. The third-order valence-electron chi connectivity index (χ3n) is 2.33. The summed E-state index contributed by atoms with van der Waals surface area (Å²) in [6.07, 6.45) is 3.01. The summed E-state index contributed by atoms with van der Waals surface area (Å²) in [6, 6.07) is 0. The SMILES string of the molecule is CC(C)(C)OCC1(CC(=N)N)CC1. The van der Waals surface area contributed by atoms with Gasteiger partial charge in [-0.05, 0) is 33.6 Å². The average molecular weight is 184 g/mol. The van der Waals surface area contributed by atoms with Gasteiger partial charge >= 0.3 is 0 Å². The Morgan fingerprint density at radius 2 is 2.00 bits per heavy atom. The van der Waals surface area contributed by atoms with E-state index in [1.165, 1.54) is 0 Å². The molecule has 0 aromatic rings. The normalized spacial score (nSPS) is 19.9. The number of nitrogens with one attached hydrogen (secondary N) is 1. The maximum Gasteiger partial charge on any atom is 0.0911 e. The van der Waals surface area contributed by atoms with Gasteiger partial charge in [0, 0.05) is 11.8 Å². The summed E-state index contributed by atoms with van der Waals surface area (Å²) in [5.41, 5.74) is 5.52. The Labute approximate surface area is 80.2 Å². The average Bonchev–Trinajstić information content (AvgIpc) is 2.63. The van der Waals surface area contributed by atoms with Gasteiger partial charge in [-0.3, -0.25) is 5.41 Å². The molecule has 0 radical (unpaired) electrons. The lowest BCUT2D eigenvalue weighted by Crippen LogP contribution is -2.27. The van der Waals surface area contributed by atoms with Crippen molar-refractivity contribution in [3.8, 4) is 0 Å². The van der Waals surface area contributed by atoms with Crippen molar-refractivity contribution in [2.75, 3.05) is 6.61 Å². The second-order valence-electron chi connectivity index (χ2n) is 5.10. The lowest BCUT2D eigenvalue weighted by Gasteiger charge is -2.23. The first kappa shape index (κ1) is 10.5. The lowest BCUT2D eigenvalue weighted by molar-refractivity contribution is -0.0267. The van der Waals surface area contributed by atoms with E-state index in [-0.39, 0.29) is 16.9 Å². The third-order valence-corrected chi connectivity index (χ3v) is 2.33. The van der Waals surface area contributed by atoms with Crippen molar-refractivity contribution in [2.45, 2.75) is 45.6 Å². The summed E-state index contributed by atoms with van der Waals surface area (Å²) in [6.45, 7) is 6.90. The van der Waals surface area contributed by atoms with Crippen LogP contribution in [0.4, 0.5) is 0 Å². The van der Waals surface area contributed by atoms with Gasteiger partial charge < -0.3 is 10.5 Å². The van der Waals surface area contributed by atoms with Crippen LogP contribution in [0.2, 0.25) is 0 Å². The molecule has 1 fully saturated rings. The van der Waals surface area contributed by atoms with E-state index in [9.17, 15) is 0 Å². The number of amidine groups is 1. The fourth-order valence-electron chi connectivity index (χ4n) is 1.32. The van der Waals surface area contributed by atoms with E-state index in [4.69, 9.17) is 15.9 Å². The van der Waals surface area contributed by atoms with E-state index in [0.29, 0.717) is 6.42 Å². The van der Waals surface area contributed by atoms with Crippen molar-refractivity contribution in [2.24, 2.45) is 11.1 Å². The Balaban J connectivity index is 2.32. The van der Waals surface area contributed by atoms with Gasteiger partial charge in [0.15, 0.2) is 0 Å². The van der Waals surface area contributed by atoms with Crippen LogP contribution in [0.25, 0.3) is 0 Å². The maximum absolute atomic E-state index is 7.25. The zero-order chi connectivity index (χ0) is 10.1. The Morgan fingerprint density at radius 3 is 2.31 bits per heavy atom. The fraction of sp³-hybridized carbons (Fsp3) is 0.900. The van der Waals surface area contributed by atoms with Crippen LogP contribution in [-0.2, 0) is 4.74 Å². The Bertz CT molecular complexity index is 201. The molecule has 0 amide bonds. The molecule has 0 spiro atoms. The molecule has 13 heavy (non-hydrogen) atoms. The van der Waals surface area contributed by atoms with Crippen LogP contribution in [0.1, 0.15) is 40.0 Å². The molecule has 0 aromatic carbocycles. The van der Waals surface area contributed by atoms with Gasteiger partial charge in [0.25, 0.3) is 0 Å². The topological polar surface area (TPSA) is 59.1 Å². The molecule has 0 saturated heterocycles. The molecule has 0 atom stereocenters. The standard InChI is InChI=1S/C10H20N2O/c1-9(2,3)13-7-10(4-5-10)6-8(11)12/h4-7H2,1-3H3,(H3,11,12). The van der Waals surface area contributed by atoms with Crippen molar-refractivity contribution in [1.29, 1.82) is 5.41 Å². The minimum absolute atomic E-state index is 0.0770. The Kier molecular flexibility index (Phi) is 2.66. The van der Waals surface area contributed by atoms with Crippen LogP contribution in [0, 0.1) is 10.8 Å². The maximum atomic E-state index is 7.25. The van der Waals surface area contributed by atoms with Gasteiger partial charge in [-0.1, -0.05) is 0 Å². The van der Waals surface area contributed by atoms with Gasteiger partial charge in [0.1, 0.15) is 0 Å². The van der Waals surface area contributed by atoms with E-state index in [2.05, 4.69) is 20.8 Å². The molecular formula is C10H20N2O. The quantitative estimate of drug-likeness (QED) is 0.518. The van der Waals surface area contributed by atoms with Crippen molar-refractivity contribution >= 4 is 5.84 Å². The number of hydrogen-bond acceptors (Lipinski definition) is 2. The monoisotopic (exact) mass is 184 g/mol. The Morgan fingerprint density at radius 1 is 1.46 bits per heavy atom. The van der Waals surface area contributed by atoms with E-state index in [1.807, 2.05) is 0 Å². The molecule has 76 valence electrons. The summed E-state index contributed by atoms with van der Waals surface area (Å²) in [4.78, 5) is 0. The summed E-state index contributed by atoms with van der Waals surface area (Å²) < 4.78 is 5.71. The van der Waals surface area contributed by atoms with Crippen LogP contribution >= 0.6 is 0 Å². The molecular weight excluding hydrogens is 164 g/mol. The highest BCUT2D eigenvalue weighted by Crippen LogP contribution is 2.49. The van der Waals surface area contributed by atoms with Gasteiger partial charge in [0.05, 0.1) is 18.0 Å². The van der Waals surface area contributed by atoms with E-state index < -0.39 is 0 Å².